The third kappa shape index (κ3) is 7.36. The fourth-order valence-corrected chi connectivity index (χ4v) is 3.64. The van der Waals surface area contributed by atoms with Crippen LogP contribution in [-0.4, -0.2) is 44.6 Å². The van der Waals surface area contributed by atoms with Crippen molar-refractivity contribution >= 4 is 58.8 Å². The van der Waals surface area contributed by atoms with Crippen LogP contribution in [0.3, 0.4) is 0 Å². The van der Waals surface area contributed by atoms with Crippen LogP contribution in [0.1, 0.15) is 18.9 Å². The van der Waals surface area contributed by atoms with Gasteiger partial charge in [-0.3, -0.25) is 9.79 Å². The fraction of sp³-hybridized carbons (Fsp3) is 0.364. The second kappa shape index (κ2) is 12.0. The van der Waals surface area contributed by atoms with Gasteiger partial charge in [0.15, 0.2) is 5.96 Å². The van der Waals surface area contributed by atoms with Gasteiger partial charge in [0.05, 0.1) is 0 Å². The summed E-state index contributed by atoms with van der Waals surface area (Å²) in [7, 11) is 1.79. The van der Waals surface area contributed by atoms with Crippen LogP contribution < -0.4 is 20.9 Å². The molecule has 30 heavy (non-hydrogen) atoms. The van der Waals surface area contributed by atoms with Crippen LogP contribution in [0, 0.1) is 0 Å². The molecule has 0 aliphatic carbocycles. The average Bonchev–Trinajstić information content (AvgIpc) is 3.17. The van der Waals surface area contributed by atoms with Gasteiger partial charge in [-0.2, -0.15) is 0 Å². The minimum absolute atomic E-state index is 0. The number of aliphatic imine (C=N–C) groups is 1. The average molecular weight is 542 g/mol. The van der Waals surface area contributed by atoms with Crippen LogP contribution in [0.2, 0.25) is 5.02 Å². The van der Waals surface area contributed by atoms with Gasteiger partial charge in [-0.25, -0.2) is 0 Å². The lowest BCUT2D eigenvalue weighted by Gasteiger charge is -2.20. The van der Waals surface area contributed by atoms with Crippen LogP contribution in [0.25, 0.3) is 0 Å². The number of nitrogens with one attached hydrogen (secondary N) is 3. The molecule has 1 amide bonds. The van der Waals surface area contributed by atoms with Gasteiger partial charge in [0.2, 0.25) is 5.91 Å². The summed E-state index contributed by atoms with van der Waals surface area (Å²) in [5.41, 5.74) is 3.18. The summed E-state index contributed by atoms with van der Waals surface area (Å²) in [4.78, 5) is 17.8. The molecule has 0 radical (unpaired) electrons. The van der Waals surface area contributed by atoms with Crippen molar-refractivity contribution in [2.45, 2.75) is 25.8 Å². The van der Waals surface area contributed by atoms with E-state index in [2.05, 4.69) is 31.9 Å². The molecule has 0 aromatic heterocycles. The molecule has 2 aromatic rings. The molecule has 1 heterocycles. The highest BCUT2D eigenvalue weighted by Crippen LogP contribution is 2.23. The first-order valence-corrected chi connectivity index (χ1v) is 10.3. The number of carbonyl (C=O) groups is 1. The van der Waals surface area contributed by atoms with Gasteiger partial charge in [0.1, 0.15) is 0 Å². The van der Waals surface area contributed by atoms with E-state index in [4.69, 9.17) is 11.6 Å². The Labute approximate surface area is 200 Å². The number of halogens is 2. The van der Waals surface area contributed by atoms with E-state index in [9.17, 15) is 4.79 Å². The van der Waals surface area contributed by atoms with Crippen molar-refractivity contribution in [1.29, 1.82) is 0 Å². The van der Waals surface area contributed by atoms with Crippen molar-refractivity contribution in [3.8, 4) is 0 Å². The molecule has 0 spiro atoms. The number of hydrogen-bond acceptors (Lipinski definition) is 3. The third-order valence-corrected chi connectivity index (χ3v) is 5.14. The van der Waals surface area contributed by atoms with E-state index in [1.54, 1.807) is 7.05 Å². The van der Waals surface area contributed by atoms with Crippen LogP contribution in [-0.2, 0) is 11.2 Å². The van der Waals surface area contributed by atoms with Crippen molar-refractivity contribution in [2.75, 3.05) is 36.9 Å². The van der Waals surface area contributed by atoms with Crippen molar-refractivity contribution in [3.63, 3.8) is 0 Å². The predicted octanol–water partition coefficient (Wildman–Crippen LogP) is 3.90. The first-order valence-electron chi connectivity index (χ1n) is 9.88. The molecule has 1 aliphatic heterocycles. The van der Waals surface area contributed by atoms with Crippen LogP contribution in [0.15, 0.2) is 53.5 Å². The SMILES string of the molecule is CN=C(NCCc1ccc(NC(C)=O)cc1)NC1CCN(c2cccc(Cl)c2)C1.I. The number of anilines is 2. The Hall–Kier alpha value is -2.00. The van der Waals surface area contributed by atoms with E-state index < -0.39 is 0 Å². The minimum Gasteiger partial charge on any atom is -0.369 e. The van der Waals surface area contributed by atoms with Crippen molar-refractivity contribution < 1.29 is 4.79 Å². The highest BCUT2D eigenvalue weighted by atomic mass is 127. The zero-order valence-electron chi connectivity index (χ0n) is 17.3. The van der Waals surface area contributed by atoms with Crippen molar-refractivity contribution in [2.24, 2.45) is 4.99 Å². The van der Waals surface area contributed by atoms with E-state index in [1.807, 2.05) is 42.5 Å². The first kappa shape index (κ1) is 24.3. The smallest absolute Gasteiger partial charge is 0.221 e. The van der Waals surface area contributed by atoms with Gasteiger partial charge >= 0.3 is 0 Å². The molecule has 0 saturated carbocycles. The zero-order valence-corrected chi connectivity index (χ0v) is 20.4. The lowest BCUT2D eigenvalue weighted by molar-refractivity contribution is -0.114. The van der Waals surface area contributed by atoms with E-state index in [0.29, 0.717) is 6.04 Å². The molecule has 3 N–H and O–H groups in total. The molecule has 1 saturated heterocycles. The van der Waals surface area contributed by atoms with Crippen LogP contribution in [0.4, 0.5) is 11.4 Å². The van der Waals surface area contributed by atoms with Gasteiger partial charge in [-0.1, -0.05) is 29.8 Å². The normalized spacial score (nSPS) is 16.0. The molecule has 3 rings (SSSR count). The van der Waals surface area contributed by atoms with Gasteiger partial charge in [0, 0.05) is 56.0 Å². The van der Waals surface area contributed by atoms with E-state index in [0.717, 1.165) is 54.8 Å². The Kier molecular flexibility index (Phi) is 9.71. The predicted molar refractivity (Wildman–Crippen MR) is 136 cm³/mol. The Morgan fingerprint density at radius 1 is 1.23 bits per heavy atom. The maximum absolute atomic E-state index is 11.1. The molecule has 162 valence electrons. The molecule has 8 heteroatoms. The molecule has 6 nitrogen and oxygen atoms in total. The lowest BCUT2D eigenvalue weighted by Crippen LogP contribution is -2.45. The summed E-state index contributed by atoms with van der Waals surface area (Å²) in [6, 6.07) is 16.2. The monoisotopic (exact) mass is 541 g/mol. The molecular weight excluding hydrogens is 513 g/mol. The number of nitrogens with zero attached hydrogens (tertiary/aromatic N) is 2. The number of rotatable bonds is 6. The van der Waals surface area contributed by atoms with Gasteiger partial charge < -0.3 is 20.9 Å². The Morgan fingerprint density at radius 3 is 2.67 bits per heavy atom. The highest BCUT2D eigenvalue weighted by Gasteiger charge is 2.23. The Morgan fingerprint density at radius 2 is 2.00 bits per heavy atom. The fourth-order valence-electron chi connectivity index (χ4n) is 3.46. The van der Waals surface area contributed by atoms with E-state index >= 15 is 0 Å². The third-order valence-electron chi connectivity index (χ3n) is 4.91. The quantitative estimate of drug-likeness (QED) is 0.295. The molecule has 2 aromatic carbocycles. The topological polar surface area (TPSA) is 68.8 Å². The van der Waals surface area contributed by atoms with Crippen molar-refractivity contribution in [3.05, 3.63) is 59.1 Å². The molecule has 1 unspecified atom stereocenters. The number of carbonyl (C=O) groups excluding carboxylic acids is 1. The van der Waals surface area contributed by atoms with Crippen molar-refractivity contribution in [1.82, 2.24) is 10.6 Å². The Bertz CT molecular complexity index is 859. The summed E-state index contributed by atoms with van der Waals surface area (Å²) in [6.45, 7) is 4.21. The maximum atomic E-state index is 11.1. The molecule has 1 aliphatic rings. The molecule has 1 atom stereocenters. The van der Waals surface area contributed by atoms with Crippen LogP contribution in [0.5, 0.6) is 0 Å². The van der Waals surface area contributed by atoms with Gasteiger partial charge in [-0.15, -0.1) is 24.0 Å². The highest BCUT2D eigenvalue weighted by molar-refractivity contribution is 14.0. The number of amides is 1. The molecule has 0 bridgehead atoms. The summed E-state index contributed by atoms with van der Waals surface area (Å²) in [5, 5.41) is 10.4. The first-order chi connectivity index (χ1) is 14.0. The van der Waals surface area contributed by atoms with Gasteiger partial charge in [-0.05, 0) is 48.7 Å². The second-order valence-electron chi connectivity index (χ2n) is 7.18. The van der Waals surface area contributed by atoms with E-state index in [1.165, 1.54) is 12.5 Å². The summed E-state index contributed by atoms with van der Waals surface area (Å²) < 4.78 is 0. The molecular formula is C22H29ClIN5O. The maximum Gasteiger partial charge on any atom is 0.221 e. The summed E-state index contributed by atoms with van der Waals surface area (Å²) >= 11 is 6.12. The number of benzene rings is 2. The lowest BCUT2D eigenvalue weighted by atomic mass is 10.1. The standard InChI is InChI=1S/C22H28ClN5O.HI/c1-16(29)26-19-8-6-17(7-9-19)10-12-25-22(24-2)27-20-11-13-28(15-20)21-5-3-4-18(23)14-21;/h3-9,14,20H,10-13,15H2,1-2H3,(H,26,29)(H2,24,25,27);1H. The molecule has 1 fully saturated rings. The minimum atomic E-state index is -0.0601. The summed E-state index contributed by atoms with van der Waals surface area (Å²) in [6.07, 6.45) is 1.93. The number of hydrogen-bond donors (Lipinski definition) is 3. The van der Waals surface area contributed by atoms with Crippen LogP contribution >= 0.6 is 35.6 Å². The second-order valence-corrected chi connectivity index (χ2v) is 7.62. The van der Waals surface area contributed by atoms with Gasteiger partial charge in [0.25, 0.3) is 0 Å². The zero-order chi connectivity index (χ0) is 20.6. The summed E-state index contributed by atoms with van der Waals surface area (Å²) in [5.74, 6) is 0.757. The number of guanidine groups is 1. The Balaban J connectivity index is 0.00000320. The van der Waals surface area contributed by atoms with E-state index in [-0.39, 0.29) is 29.9 Å². The largest absolute Gasteiger partial charge is 0.369 e.